The summed E-state index contributed by atoms with van der Waals surface area (Å²) in [5, 5.41) is 6.61. The van der Waals surface area contributed by atoms with Crippen molar-refractivity contribution in [3.05, 3.63) is 130 Å². The van der Waals surface area contributed by atoms with Crippen LogP contribution in [0.2, 0.25) is 0 Å². The summed E-state index contributed by atoms with van der Waals surface area (Å²) in [6.07, 6.45) is 6.47. The summed E-state index contributed by atoms with van der Waals surface area (Å²) in [6.45, 7) is 5.24. The molecule has 3 amide bonds. The molecule has 0 bridgehead atoms. The lowest BCUT2D eigenvalue weighted by molar-refractivity contribution is -0.116. The molecule has 11 nitrogen and oxygen atoms in total. The maximum atomic E-state index is 14.0. The number of amides is 3. The topological polar surface area (TPSA) is 122 Å². The Hall–Kier alpha value is -5.92. The first kappa shape index (κ1) is 40.5. The van der Waals surface area contributed by atoms with E-state index in [0.29, 0.717) is 59.1 Å². The summed E-state index contributed by atoms with van der Waals surface area (Å²) in [6, 6.07) is 30.7. The number of nitrogens with zero attached hydrogens (tertiary/aromatic N) is 3. The monoisotopic (exact) mass is 853 g/mol. The zero-order chi connectivity index (χ0) is 42.3. The van der Waals surface area contributed by atoms with E-state index < -0.39 is 0 Å². The molecule has 4 heterocycles. The van der Waals surface area contributed by atoms with E-state index in [0.717, 1.165) is 46.6 Å². The molecule has 2 atom stereocenters. The van der Waals surface area contributed by atoms with Gasteiger partial charge in [-0.15, -0.1) is 0 Å². The first-order valence-corrected chi connectivity index (χ1v) is 23.0. The Morgan fingerprint density at radius 1 is 0.836 bits per heavy atom. The third-order valence-electron chi connectivity index (χ3n) is 11.6. The average molecular weight is 854 g/mol. The Kier molecular flexibility index (Phi) is 11.2. The number of carbonyl (C=O) groups is 3. The van der Waals surface area contributed by atoms with Crippen LogP contribution in [0.5, 0.6) is 17.2 Å². The van der Waals surface area contributed by atoms with Crippen molar-refractivity contribution in [1.82, 2.24) is 0 Å². The van der Waals surface area contributed by atoms with Crippen molar-refractivity contribution < 1.29 is 28.6 Å². The van der Waals surface area contributed by atoms with E-state index in [1.807, 2.05) is 96.2 Å². The number of methoxy groups -OCH3 is 1. The number of anilines is 4. The predicted octanol–water partition coefficient (Wildman–Crippen LogP) is 9.65. The van der Waals surface area contributed by atoms with Crippen LogP contribution in [0.4, 0.5) is 28.4 Å². The molecule has 61 heavy (non-hydrogen) atoms. The number of ether oxygens (including phenoxy) is 3. The fraction of sp³-hybridized carbons (Fsp3) is 0.292. The lowest BCUT2D eigenvalue weighted by Crippen LogP contribution is -2.39. The molecule has 0 aliphatic carbocycles. The van der Waals surface area contributed by atoms with Gasteiger partial charge in [0.05, 0.1) is 41.7 Å². The first-order chi connectivity index (χ1) is 29.6. The first-order valence-electron chi connectivity index (χ1n) is 20.4. The Morgan fingerprint density at radius 2 is 1.54 bits per heavy atom. The van der Waals surface area contributed by atoms with E-state index in [4.69, 9.17) is 19.2 Å². The van der Waals surface area contributed by atoms with Gasteiger partial charge in [-0.05, 0) is 104 Å². The van der Waals surface area contributed by atoms with Crippen molar-refractivity contribution in [2.75, 3.05) is 40.3 Å². The standard InChI is InChI=1S/C48H47N5O6S2/c1-48(2,61-60-4)16-15-45(54)51-33-18-29(27-58-36-13-14-37-39(22-36)49-25-34-20-31-9-5-7-11-41(31)52(34)46(37)55)17-30(19-33)28-59-44-24-40-38(23-43(44)57-3)47(56)53-35(26-50-40)21-32-10-6-8-12-42(32)53/h5-14,17-19,22-24,26,34-35,49H,15-16,20-21,25,27-28H2,1-4H3,(H,51,54)/t34-,35-/m0/s1. The molecule has 0 fully saturated rings. The smallest absolute Gasteiger partial charge is 0.261 e. The minimum atomic E-state index is -0.179. The van der Waals surface area contributed by atoms with Crippen molar-refractivity contribution in [2.24, 2.45) is 4.99 Å². The van der Waals surface area contributed by atoms with Crippen LogP contribution in [-0.4, -0.2) is 60.7 Å². The molecule has 5 aromatic rings. The second-order valence-electron chi connectivity index (χ2n) is 16.3. The number of aliphatic imine (C=N–C) groups is 1. The summed E-state index contributed by atoms with van der Waals surface area (Å²) in [7, 11) is 5.01. The molecule has 0 saturated carbocycles. The van der Waals surface area contributed by atoms with E-state index >= 15 is 0 Å². The Labute approximate surface area is 363 Å². The van der Waals surface area contributed by atoms with Crippen LogP contribution in [0.25, 0.3) is 0 Å². The van der Waals surface area contributed by atoms with Gasteiger partial charge in [0.1, 0.15) is 19.0 Å². The molecule has 0 aromatic heterocycles. The van der Waals surface area contributed by atoms with Crippen molar-refractivity contribution in [2.45, 2.75) is 69.6 Å². The van der Waals surface area contributed by atoms with Crippen LogP contribution >= 0.6 is 21.6 Å². The molecule has 13 heteroatoms. The number of hydrogen-bond donors (Lipinski definition) is 2. The maximum Gasteiger partial charge on any atom is 0.261 e. The minimum absolute atomic E-state index is 0.0272. The van der Waals surface area contributed by atoms with E-state index in [1.165, 1.54) is 5.56 Å². The molecule has 9 rings (SSSR count). The highest BCUT2D eigenvalue weighted by molar-refractivity contribution is 8.76. The van der Waals surface area contributed by atoms with E-state index in [-0.39, 0.29) is 47.8 Å². The molecule has 312 valence electrons. The van der Waals surface area contributed by atoms with Gasteiger partial charge in [-0.2, -0.15) is 0 Å². The van der Waals surface area contributed by atoms with Crippen LogP contribution in [0.15, 0.2) is 102 Å². The van der Waals surface area contributed by atoms with Gasteiger partial charge < -0.3 is 29.7 Å². The second-order valence-corrected chi connectivity index (χ2v) is 19.4. The van der Waals surface area contributed by atoms with Crippen LogP contribution < -0.4 is 34.6 Å². The highest BCUT2D eigenvalue weighted by Gasteiger charge is 2.38. The van der Waals surface area contributed by atoms with Gasteiger partial charge in [-0.25, -0.2) is 0 Å². The van der Waals surface area contributed by atoms with Crippen molar-refractivity contribution in [3.63, 3.8) is 0 Å². The average Bonchev–Trinajstić information content (AvgIpc) is 3.75. The Bertz CT molecular complexity index is 2580. The Morgan fingerprint density at radius 3 is 2.30 bits per heavy atom. The van der Waals surface area contributed by atoms with Gasteiger partial charge in [0.25, 0.3) is 11.8 Å². The molecule has 4 aliphatic rings. The summed E-state index contributed by atoms with van der Waals surface area (Å²) >= 11 is 0. The fourth-order valence-electron chi connectivity index (χ4n) is 8.63. The van der Waals surface area contributed by atoms with Gasteiger partial charge in [-0.3, -0.25) is 24.3 Å². The highest BCUT2D eigenvalue weighted by atomic mass is 33.1. The molecule has 0 spiro atoms. The summed E-state index contributed by atoms with van der Waals surface area (Å²) < 4.78 is 18.5. The molecule has 2 N–H and O–H groups in total. The highest BCUT2D eigenvalue weighted by Crippen LogP contribution is 2.42. The zero-order valence-corrected chi connectivity index (χ0v) is 36.2. The van der Waals surface area contributed by atoms with Crippen LogP contribution in [0.3, 0.4) is 0 Å². The van der Waals surface area contributed by atoms with Gasteiger partial charge in [0, 0.05) is 59.5 Å². The van der Waals surface area contributed by atoms with E-state index in [1.54, 1.807) is 45.7 Å². The van der Waals surface area contributed by atoms with Crippen molar-refractivity contribution >= 4 is 74.0 Å². The van der Waals surface area contributed by atoms with E-state index in [2.05, 4.69) is 30.5 Å². The number of carbonyl (C=O) groups excluding carboxylic acids is 3. The lowest BCUT2D eigenvalue weighted by atomic mass is 10.1. The molecule has 5 aromatic carbocycles. The van der Waals surface area contributed by atoms with Crippen LogP contribution in [-0.2, 0) is 30.8 Å². The Balaban J connectivity index is 0.944. The quantitative estimate of drug-likeness (QED) is 0.112. The lowest BCUT2D eigenvalue weighted by Gasteiger charge is -2.22. The van der Waals surface area contributed by atoms with Gasteiger partial charge >= 0.3 is 0 Å². The molecule has 0 radical (unpaired) electrons. The number of nitrogens with one attached hydrogen (secondary N) is 2. The molecule has 4 aliphatic heterocycles. The zero-order valence-electron chi connectivity index (χ0n) is 34.5. The molecular weight excluding hydrogens is 807 g/mol. The van der Waals surface area contributed by atoms with E-state index in [9.17, 15) is 14.4 Å². The van der Waals surface area contributed by atoms with Crippen molar-refractivity contribution in [1.29, 1.82) is 0 Å². The second kappa shape index (κ2) is 16.9. The van der Waals surface area contributed by atoms with Crippen molar-refractivity contribution in [3.8, 4) is 17.2 Å². The summed E-state index contributed by atoms with van der Waals surface area (Å²) in [4.78, 5) is 49.6. The molecular formula is C48H47N5O6S2. The summed E-state index contributed by atoms with van der Waals surface area (Å²) in [5.74, 6) is 1.20. The number of hydrogen-bond acceptors (Lipinski definition) is 10. The molecule has 0 saturated heterocycles. The summed E-state index contributed by atoms with van der Waals surface area (Å²) in [5.41, 5.74) is 8.67. The SMILES string of the molecule is COc1cc2c(cc1OCc1cc(COc3ccc4c(c3)NC[C@@H]3Cc5ccccc5N3C4=O)cc(NC(=O)CCC(C)(C)SSC)c1)N=C[C@@H]1Cc3ccccc3N1C2=O. The maximum absolute atomic E-state index is 14.0. The largest absolute Gasteiger partial charge is 0.493 e. The predicted molar refractivity (Wildman–Crippen MR) is 246 cm³/mol. The minimum Gasteiger partial charge on any atom is -0.493 e. The number of fused-ring (bicyclic) bond motifs is 8. The third kappa shape index (κ3) is 8.28. The van der Waals surface area contributed by atoms with Crippen LogP contribution in [0, 0.1) is 0 Å². The van der Waals surface area contributed by atoms with Gasteiger partial charge in [0.15, 0.2) is 11.5 Å². The van der Waals surface area contributed by atoms with Gasteiger partial charge in [0.2, 0.25) is 5.91 Å². The number of benzene rings is 5. The number of rotatable bonds is 13. The molecule has 0 unspecified atom stereocenters. The third-order valence-corrected chi connectivity index (χ3v) is 14.2. The fourth-order valence-corrected chi connectivity index (χ4v) is 10.9. The number of para-hydroxylation sites is 2. The van der Waals surface area contributed by atoms with Gasteiger partial charge in [-0.1, -0.05) is 58.0 Å². The normalized spacial score (nSPS) is 17.2. The van der Waals surface area contributed by atoms with Crippen LogP contribution in [0.1, 0.15) is 69.7 Å².